The molecule has 9 heteroatoms. The first kappa shape index (κ1) is 19.3. The quantitative estimate of drug-likeness (QED) is 0.501. The van der Waals surface area contributed by atoms with Crippen molar-refractivity contribution in [3.8, 4) is 5.69 Å². The van der Waals surface area contributed by atoms with E-state index < -0.39 is 4.92 Å². The highest BCUT2D eigenvalue weighted by Crippen LogP contribution is 2.22. The Labute approximate surface area is 172 Å². The summed E-state index contributed by atoms with van der Waals surface area (Å²) in [6.07, 6.45) is 4.43. The molecule has 0 atom stereocenters. The van der Waals surface area contributed by atoms with Gasteiger partial charge in [-0.2, -0.15) is 5.10 Å². The molecular weight excluding hydrogens is 386 g/mol. The highest BCUT2D eigenvalue weighted by molar-refractivity contribution is 5.95. The molecule has 152 valence electrons. The molecule has 1 saturated heterocycles. The Kier molecular flexibility index (Phi) is 5.25. The van der Waals surface area contributed by atoms with Crippen molar-refractivity contribution in [1.29, 1.82) is 0 Å². The molecule has 3 aromatic rings. The van der Waals surface area contributed by atoms with Gasteiger partial charge in [-0.05, 0) is 36.2 Å². The van der Waals surface area contributed by atoms with E-state index in [4.69, 9.17) is 0 Å². The first-order valence-electron chi connectivity index (χ1n) is 9.48. The maximum Gasteiger partial charge on any atom is 0.269 e. The lowest BCUT2D eigenvalue weighted by molar-refractivity contribution is -0.384. The topological polar surface area (TPSA) is 110 Å². The van der Waals surface area contributed by atoms with Crippen LogP contribution in [-0.4, -0.2) is 33.1 Å². The van der Waals surface area contributed by atoms with Crippen LogP contribution in [0.25, 0.3) is 5.69 Å². The molecule has 1 fully saturated rings. The largest absolute Gasteiger partial charge is 0.348 e. The van der Waals surface area contributed by atoms with Gasteiger partial charge in [-0.15, -0.1) is 0 Å². The molecule has 0 aliphatic carbocycles. The van der Waals surface area contributed by atoms with Gasteiger partial charge >= 0.3 is 0 Å². The van der Waals surface area contributed by atoms with Crippen LogP contribution in [0.2, 0.25) is 0 Å². The van der Waals surface area contributed by atoms with Crippen molar-refractivity contribution in [3.05, 3.63) is 82.2 Å². The Balaban J connectivity index is 1.40. The molecule has 0 unspecified atom stereocenters. The lowest BCUT2D eigenvalue weighted by Gasteiger charge is -2.16. The van der Waals surface area contributed by atoms with Crippen LogP contribution in [0.3, 0.4) is 0 Å². The maximum atomic E-state index is 12.5. The number of carbonyl (C=O) groups excluding carboxylic acids is 2. The summed E-state index contributed by atoms with van der Waals surface area (Å²) in [6.45, 7) is 1.04. The van der Waals surface area contributed by atoms with Gasteiger partial charge in [0.15, 0.2) is 0 Å². The predicted octanol–water partition coefficient (Wildman–Crippen LogP) is 2.84. The Morgan fingerprint density at radius 1 is 1.17 bits per heavy atom. The van der Waals surface area contributed by atoms with Gasteiger partial charge in [0, 0.05) is 43.5 Å². The van der Waals surface area contributed by atoms with E-state index in [0.29, 0.717) is 24.2 Å². The van der Waals surface area contributed by atoms with Crippen LogP contribution in [0.1, 0.15) is 28.8 Å². The van der Waals surface area contributed by atoms with Gasteiger partial charge in [0.1, 0.15) is 0 Å². The van der Waals surface area contributed by atoms with Crippen LogP contribution in [0.5, 0.6) is 0 Å². The van der Waals surface area contributed by atoms with Crippen molar-refractivity contribution < 1.29 is 14.5 Å². The van der Waals surface area contributed by atoms with Gasteiger partial charge in [-0.25, -0.2) is 4.68 Å². The second-order valence-electron chi connectivity index (χ2n) is 6.95. The summed E-state index contributed by atoms with van der Waals surface area (Å²) in [5, 5.41) is 17.8. The monoisotopic (exact) mass is 405 g/mol. The smallest absolute Gasteiger partial charge is 0.269 e. The second-order valence-corrected chi connectivity index (χ2v) is 6.95. The molecular formula is C21H19N5O4. The predicted molar refractivity (Wildman–Crippen MR) is 109 cm³/mol. The molecule has 2 heterocycles. The number of hydrogen-bond acceptors (Lipinski definition) is 5. The minimum absolute atomic E-state index is 0.0123. The first-order valence-corrected chi connectivity index (χ1v) is 9.48. The zero-order valence-electron chi connectivity index (χ0n) is 16.0. The van der Waals surface area contributed by atoms with E-state index in [2.05, 4.69) is 10.4 Å². The number of benzene rings is 2. The molecule has 4 rings (SSSR count). The minimum Gasteiger partial charge on any atom is -0.348 e. The number of nitro benzene ring substituents is 1. The summed E-state index contributed by atoms with van der Waals surface area (Å²) in [7, 11) is 0. The third kappa shape index (κ3) is 4.04. The zero-order valence-corrected chi connectivity index (χ0v) is 16.0. The minimum atomic E-state index is -0.472. The molecule has 0 radical (unpaired) electrons. The number of carbonyl (C=O) groups is 2. The fourth-order valence-corrected chi connectivity index (χ4v) is 3.35. The van der Waals surface area contributed by atoms with Crippen molar-refractivity contribution in [2.24, 2.45) is 0 Å². The average molecular weight is 405 g/mol. The number of anilines is 1. The zero-order chi connectivity index (χ0) is 21.1. The van der Waals surface area contributed by atoms with Crippen molar-refractivity contribution in [2.75, 3.05) is 11.4 Å². The van der Waals surface area contributed by atoms with E-state index in [1.807, 2.05) is 24.3 Å². The molecule has 0 spiro atoms. The van der Waals surface area contributed by atoms with Gasteiger partial charge in [0.05, 0.1) is 22.4 Å². The lowest BCUT2D eigenvalue weighted by Crippen LogP contribution is -2.25. The van der Waals surface area contributed by atoms with Gasteiger partial charge in [0.25, 0.3) is 11.6 Å². The van der Waals surface area contributed by atoms with Crippen molar-refractivity contribution >= 4 is 23.2 Å². The van der Waals surface area contributed by atoms with Gasteiger partial charge in [-0.3, -0.25) is 19.7 Å². The van der Waals surface area contributed by atoms with Crippen molar-refractivity contribution in [3.63, 3.8) is 0 Å². The molecule has 0 bridgehead atoms. The van der Waals surface area contributed by atoms with Crippen molar-refractivity contribution in [1.82, 2.24) is 15.1 Å². The van der Waals surface area contributed by atoms with Crippen LogP contribution in [0, 0.1) is 10.1 Å². The SMILES string of the molecule is O=C(NCc1cccc(N2CCCC2=O)c1)c1cnn(-c2ccc([N+](=O)[O-])cc2)c1. The molecule has 1 aliphatic rings. The highest BCUT2D eigenvalue weighted by atomic mass is 16.6. The summed E-state index contributed by atoms with van der Waals surface area (Å²) in [4.78, 5) is 36.4. The lowest BCUT2D eigenvalue weighted by atomic mass is 10.2. The molecule has 1 N–H and O–H groups in total. The number of nitro groups is 1. The van der Waals surface area contributed by atoms with Crippen LogP contribution in [-0.2, 0) is 11.3 Å². The number of aromatic nitrogens is 2. The first-order chi connectivity index (χ1) is 14.5. The van der Waals surface area contributed by atoms with Gasteiger partial charge in [-0.1, -0.05) is 12.1 Å². The fourth-order valence-electron chi connectivity index (χ4n) is 3.35. The van der Waals surface area contributed by atoms with E-state index in [0.717, 1.165) is 24.2 Å². The molecule has 1 aromatic heterocycles. The molecule has 9 nitrogen and oxygen atoms in total. The Hall–Kier alpha value is -4.01. The molecule has 30 heavy (non-hydrogen) atoms. The summed E-state index contributed by atoms with van der Waals surface area (Å²) >= 11 is 0. The van der Waals surface area contributed by atoms with Gasteiger partial charge in [0.2, 0.25) is 5.91 Å². The fraction of sp³-hybridized carbons (Fsp3) is 0.190. The van der Waals surface area contributed by atoms with Crippen LogP contribution >= 0.6 is 0 Å². The highest BCUT2D eigenvalue weighted by Gasteiger charge is 2.21. The van der Waals surface area contributed by atoms with E-state index in [9.17, 15) is 19.7 Å². The Morgan fingerprint density at radius 2 is 1.97 bits per heavy atom. The summed E-state index contributed by atoms with van der Waals surface area (Å²) in [5.74, 6) is -0.166. The van der Waals surface area contributed by atoms with Gasteiger partial charge < -0.3 is 10.2 Å². The number of hydrogen-bond donors (Lipinski definition) is 1. The normalized spacial score (nSPS) is 13.5. The van der Waals surface area contributed by atoms with Crippen LogP contribution < -0.4 is 10.2 Å². The number of nitrogens with one attached hydrogen (secondary N) is 1. The number of non-ortho nitro benzene ring substituents is 1. The Bertz CT molecular complexity index is 1110. The van der Waals surface area contributed by atoms with Crippen LogP contribution in [0.15, 0.2) is 60.9 Å². The number of nitrogens with zero attached hydrogens (tertiary/aromatic N) is 4. The summed E-state index contributed by atoms with van der Waals surface area (Å²) in [5.41, 5.74) is 2.71. The third-order valence-electron chi connectivity index (χ3n) is 4.92. The van der Waals surface area contributed by atoms with Crippen molar-refractivity contribution in [2.45, 2.75) is 19.4 Å². The van der Waals surface area contributed by atoms with Crippen LogP contribution in [0.4, 0.5) is 11.4 Å². The third-order valence-corrected chi connectivity index (χ3v) is 4.92. The molecule has 0 saturated carbocycles. The Morgan fingerprint density at radius 3 is 2.67 bits per heavy atom. The standard InChI is InChI=1S/C21H19N5O4/c27-20-5-2-10-24(20)19-4-1-3-15(11-19)12-22-21(28)16-13-23-25(14-16)17-6-8-18(9-7-17)26(29)30/h1,3-4,6-9,11,13-14H,2,5,10,12H2,(H,22,28). The average Bonchev–Trinajstić information content (AvgIpc) is 3.42. The van der Waals surface area contributed by atoms with E-state index in [1.165, 1.54) is 23.0 Å². The molecule has 1 aliphatic heterocycles. The summed E-state index contributed by atoms with van der Waals surface area (Å²) in [6, 6.07) is 13.5. The second kappa shape index (κ2) is 8.16. The number of rotatable bonds is 6. The van der Waals surface area contributed by atoms with E-state index in [-0.39, 0.29) is 17.5 Å². The van der Waals surface area contributed by atoms with E-state index >= 15 is 0 Å². The molecule has 2 amide bonds. The summed E-state index contributed by atoms with van der Waals surface area (Å²) < 4.78 is 1.48. The van der Waals surface area contributed by atoms with E-state index in [1.54, 1.807) is 23.2 Å². The number of amides is 2. The maximum absolute atomic E-state index is 12.5. The molecule has 2 aromatic carbocycles.